The van der Waals surface area contributed by atoms with E-state index in [9.17, 15) is 4.79 Å². The molecule has 0 aliphatic carbocycles. The van der Waals surface area contributed by atoms with Crippen LogP contribution in [-0.4, -0.2) is 12.5 Å². The van der Waals surface area contributed by atoms with E-state index in [4.69, 9.17) is 11.6 Å². The summed E-state index contributed by atoms with van der Waals surface area (Å²) in [6.45, 7) is 8.63. The van der Waals surface area contributed by atoms with Gasteiger partial charge >= 0.3 is 0 Å². The Hall–Kier alpha value is -1.02. The normalized spacial score (nSPS) is 11.6. The van der Waals surface area contributed by atoms with E-state index in [1.165, 1.54) is 5.56 Å². The van der Waals surface area contributed by atoms with Gasteiger partial charge in [0.05, 0.1) is 0 Å². The number of benzene rings is 1. The Labute approximate surface area is 108 Å². The van der Waals surface area contributed by atoms with Crippen molar-refractivity contribution in [3.63, 3.8) is 0 Å². The van der Waals surface area contributed by atoms with Crippen LogP contribution in [0.4, 0.5) is 0 Å². The van der Waals surface area contributed by atoms with Crippen molar-refractivity contribution in [1.29, 1.82) is 0 Å². The molecule has 0 spiro atoms. The maximum atomic E-state index is 11.5. The Morgan fingerprint density at radius 2 is 1.82 bits per heavy atom. The van der Waals surface area contributed by atoms with Gasteiger partial charge in [0.1, 0.15) is 0 Å². The fourth-order valence-corrected chi connectivity index (χ4v) is 1.64. The van der Waals surface area contributed by atoms with Crippen LogP contribution in [0.2, 0.25) is 5.02 Å². The van der Waals surface area contributed by atoms with Crippen LogP contribution in [0.3, 0.4) is 0 Å². The van der Waals surface area contributed by atoms with E-state index in [1.807, 2.05) is 38.1 Å². The molecule has 0 atom stereocenters. The summed E-state index contributed by atoms with van der Waals surface area (Å²) in [6, 6.07) is 7.76. The molecular formula is C14H20ClNO. The number of carbonyl (C=O) groups excluding carboxylic acids is 1. The molecule has 0 heterocycles. The molecule has 94 valence electrons. The van der Waals surface area contributed by atoms with Gasteiger partial charge in [-0.1, -0.05) is 51.4 Å². The topological polar surface area (TPSA) is 29.1 Å². The van der Waals surface area contributed by atoms with Gasteiger partial charge in [-0.25, -0.2) is 0 Å². The molecule has 1 N–H and O–H groups in total. The molecule has 0 bridgehead atoms. The molecule has 1 aromatic rings. The summed E-state index contributed by atoms with van der Waals surface area (Å²) in [4.78, 5) is 11.5. The lowest BCUT2D eigenvalue weighted by molar-refractivity contribution is -0.124. The first-order valence-corrected chi connectivity index (χ1v) is 6.24. The number of hydrogen-bond acceptors (Lipinski definition) is 1. The fraction of sp³-hybridized carbons (Fsp3) is 0.500. The third-order valence-corrected chi connectivity index (χ3v) is 3.11. The van der Waals surface area contributed by atoms with E-state index in [-0.39, 0.29) is 17.2 Å². The van der Waals surface area contributed by atoms with Crippen LogP contribution in [0, 0.1) is 5.92 Å². The molecular weight excluding hydrogens is 234 g/mol. The Kier molecular flexibility index (Phi) is 4.58. The highest BCUT2D eigenvalue weighted by atomic mass is 35.5. The maximum absolute atomic E-state index is 11.5. The van der Waals surface area contributed by atoms with Crippen molar-refractivity contribution in [3.8, 4) is 0 Å². The van der Waals surface area contributed by atoms with Crippen LogP contribution < -0.4 is 5.32 Å². The van der Waals surface area contributed by atoms with Crippen molar-refractivity contribution in [1.82, 2.24) is 5.32 Å². The van der Waals surface area contributed by atoms with E-state index in [0.29, 0.717) is 6.54 Å². The molecule has 1 amide bonds. The highest BCUT2D eigenvalue weighted by Gasteiger charge is 2.21. The lowest BCUT2D eigenvalue weighted by Gasteiger charge is -2.26. The molecule has 0 aliphatic heterocycles. The third-order valence-electron chi connectivity index (χ3n) is 2.85. The van der Waals surface area contributed by atoms with Gasteiger partial charge in [-0.2, -0.15) is 0 Å². The molecule has 17 heavy (non-hydrogen) atoms. The van der Waals surface area contributed by atoms with Gasteiger partial charge in [0.15, 0.2) is 0 Å². The Morgan fingerprint density at radius 3 is 2.29 bits per heavy atom. The quantitative estimate of drug-likeness (QED) is 0.876. The number of nitrogens with one attached hydrogen (secondary N) is 1. The predicted octanol–water partition coefficient (Wildman–Crippen LogP) is 3.39. The van der Waals surface area contributed by atoms with Crippen molar-refractivity contribution in [2.24, 2.45) is 5.92 Å². The minimum Gasteiger partial charge on any atom is -0.355 e. The highest BCUT2D eigenvalue weighted by Crippen LogP contribution is 2.23. The number of amides is 1. The zero-order valence-electron chi connectivity index (χ0n) is 10.9. The smallest absolute Gasteiger partial charge is 0.222 e. The lowest BCUT2D eigenvalue weighted by Crippen LogP contribution is -2.38. The Balaban J connectivity index is 2.68. The van der Waals surface area contributed by atoms with Gasteiger partial charge in [-0.05, 0) is 17.7 Å². The zero-order valence-corrected chi connectivity index (χ0v) is 11.6. The second-order valence-corrected chi connectivity index (χ2v) is 5.70. The van der Waals surface area contributed by atoms with Crippen LogP contribution in [-0.2, 0) is 10.2 Å². The van der Waals surface area contributed by atoms with Crippen LogP contribution in [0.5, 0.6) is 0 Å². The lowest BCUT2D eigenvalue weighted by atomic mass is 9.84. The van der Waals surface area contributed by atoms with Gasteiger partial charge in [0.25, 0.3) is 0 Å². The van der Waals surface area contributed by atoms with E-state index < -0.39 is 0 Å². The van der Waals surface area contributed by atoms with Crippen molar-refractivity contribution in [2.45, 2.75) is 33.1 Å². The molecule has 1 rings (SSSR count). The number of halogens is 1. The summed E-state index contributed by atoms with van der Waals surface area (Å²) in [6.07, 6.45) is 0. The molecule has 0 aromatic heterocycles. The van der Waals surface area contributed by atoms with Crippen molar-refractivity contribution < 1.29 is 4.79 Å². The number of rotatable bonds is 4. The van der Waals surface area contributed by atoms with Crippen LogP contribution >= 0.6 is 11.6 Å². The van der Waals surface area contributed by atoms with Gasteiger partial charge in [0, 0.05) is 22.9 Å². The molecule has 0 saturated heterocycles. The van der Waals surface area contributed by atoms with Crippen LogP contribution in [0.1, 0.15) is 33.3 Å². The molecule has 0 radical (unpaired) electrons. The SMILES string of the molecule is CC(C)C(=O)NCC(C)(C)c1ccc(Cl)cc1. The van der Waals surface area contributed by atoms with Crippen molar-refractivity contribution in [3.05, 3.63) is 34.9 Å². The second-order valence-electron chi connectivity index (χ2n) is 5.26. The summed E-state index contributed by atoms with van der Waals surface area (Å²) in [5.41, 5.74) is 1.08. The number of carbonyl (C=O) groups is 1. The minimum absolute atomic E-state index is 0.0241. The Bertz CT molecular complexity index is 382. The van der Waals surface area contributed by atoms with Crippen molar-refractivity contribution >= 4 is 17.5 Å². The number of hydrogen-bond donors (Lipinski definition) is 1. The average molecular weight is 254 g/mol. The average Bonchev–Trinajstić information content (AvgIpc) is 2.26. The standard InChI is InChI=1S/C14H20ClNO/c1-10(2)13(17)16-9-14(3,4)11-5-7-12(15)8-6-11/h5-8,10H,9H2,1-4H3,(H,16,17). The summed E-state index contributed by atoms with van der Waals surface area (Å²) in [5.74, 6) is 0.114. The second kappa shape index (κ2) is 5.54. The fourth-order valence-electron chi connectivity index (χ4n) is 1.52. The van der Waals surface area contributed by atoms with E-state index in [1.54, 1.807) is 0 Å². The zero-order chi connectivity index (χ0) is 13.1. The van der Waals surface area contributed by atoms with Crippen molar-refractivity contribution in [2.75, 3.05) is 6.54 Å². The maximum Gasteiger partial charge on any atom is 0.222 e. The van der Waals surface area contributed by atoms with E-state index in [0.717, 1.165) is 5.02 Å². The minimum atomic E-state index is -0.0882. The largest absolute Gasteiger partial charge is 0.355 e. The summed E-state index contributed by atoms with van der Waals surface area (Å²) in [7, 11) is 0. The summed E-state index contributed by atoms with van der Waals surface area (Å²) in [5, 5.41) is 3.70. The molecule has 3 heteroatoms. The molecule has 0 unspecified atom stereocenters. The van der Waals surface area contributed by atoms with Crippen LogP contribution in [0.15, 0.2) is 24.3 Å². The molecule has 1 aromatic carbocycles. The molecule has 0 fully saturated rings. The molecule has 0 aliphatic rings. The van der Waals surface area contributed by atoms with Gasteiger partial charge in [-0.15, -0.1) is 0 Å². The third kappa shape index (κ3) is 4.04. The van der Waals surface area contributed by atoms with E-state index >= 15 is 0 Å². The first-order valence-electron chi connectivity index (χ1n) is 5.86. The Morgan fingerprint density at radius 1 is 1.29 bits per heavy atom. The first-order chi connectivity index (χ1) is 7.83. The molecule has 2 nitrogen and oxygen atoms in total. The van der Waals surface area contributed by atoms with Gasteiger partial charge in [0.2, 0.25) is 5.91 Å². The summed E-state index contributed by atoms with van der Waals surface area (Å²) < 4.78 is 0. The van der Waals surface area contributed by atoms with Crippen LogP contribution in [0.25, 0.3) is 0 Å². The highest BCUT2D eigenvalue weighted by molar-refractivity contribution is 6.30. The monoisotopic (exact) mass is 253 g/mol. The molecule has 0 saturated carbocycles. The summed E-state index contributed by atoms with van der Waals surface area (Å²) >= 11 is 5.86. The van der Waals surface area contributed by atoms with E-state index in [2.05, 4.69) is 19.2 Å². The first kappa shape index (κ1) is 14.0. The van der Waals surface area contributed by atoms with Gasteiger partial charge in [-0.3, -0.25) is 4.79 Å². The predicted molar refractivity (Wildman–Crippen MR) is 72.3 cm³/mol. The van der Waals surface area contributed by atoms with Gasteiger partial charge < -0.3 is 5.32 Å².